The van der Waals surface area contributed by atoms with E-state index in [0.29, 0.717) is 6.04 Å². The number of hydrogen-bond acceptors (Lipinski definition) is 3. The lowest BCUT2D eigenvalue weighted by Crippen LogP contribution is -2.35. The van der Waals surface area contributed by atoms with Crippen LogP contribution < -0.4 is 5.32 Å². The molecule has 0 aromatic heterocycles. The van der Waals surface area contributed by atoms with E-state index < -0.39 is 0 Å². The molecule has 1 aromatic rings. The third-order valence-electron chi connectivity index (χ3n) is 4.12. The van der Waals surface area contributed by atoms with Gasteiger partial charge in [0.15, 0.2) is 0 Å². The molecule has 0 amide bonds. The fraction of sp³-hybridized carbons (Fsp3) is 0.667. The number of aryl methyl sites for hydroxylation is 2. The Morgan fingerprint density at radius 2 is 1.81 bits per heavy atom. The molecule has 1 aliphatic rings. The van der Waals surface area contributed by atoms with Crippen molar-refractivity contribution in [3.05, 3.63) is 34.9 Å². The van der Waals surface area contributed by atoms with Gasteiger partial charge in [0.25, 0.3) is 0 Å². The Morgan fingerprint density at radius 1 is 1.14 bits per heavy atom. The zero-order valence-corrected chi connectivity index (χ0v) is 14.6. The first kappa shape index (κ1) is 16.9. The second kappa shape index (κ2) is 8.82. The molecule has 0 bridgehead atoms. The van der Waals surface area contributed by atoms with Crippen molar-refractivity contribution in [2.24, 2.45) is 0 Å². The summed E-state index contributed by atoms with van der Waals surface area (Å²) in [5.74, 6) is 2.60. The van der Waals surface area contributed by atoms with Gasteiger partial charge in [-0.25, -0.2) is 0 Å². The van der Waals surface area contributed by atoms with E-state index in [1.165, 1.54) is 60.7 Å². The molecule has 0 spiro atoms. The Bertz CT molecular complexity index is 407. The fourth-order valence-corrected chi connectivity index (χ4v) is 4.03. The molecule has 21 heavy (non-hydrogen) atoms. The van der Waals surface area contributed by atoms with Crippen molar-refractivity contribution in [2.75, 3.05) is 37.7 Å². The Hall–Kier alpha value is -0.510. The van der Waals surface area contributed by atoms with Gasteiger partial charge >= 0.3 is 0 Å². The molecule has 0 saturated carbocycles. The van der Waals surface area contributed by atoms with Crippen molar-refractivity contribution in [1.29, 1.82) is 0 Å². The van der Waals surface area contributed by atoms with E-state index in [4.69, 9.17) is 0 Å². The van der Waals surface area contributed by atoms with Crippen molar-refractivity contribution in [3.8, 4) is 0 Å². The molecule has 0 radical (unpaired) electrons. The summed E-state index contributed by atoms with van der Waals surface area (Å²) in [6.45, 7) is 11.5. The maximum Gasteiger partial charge on any atom is 0.0332 e. The monoisotopic (exact) mass is 306 g/mol. The molecule has 1 atom stereocenters. The van der Waals surface area contributed by atoms with Crippen molar-refractivity contribution < 1.29 is 0 Å². The molecule has 2 nitrogen and oxygen atoms in total. The van der Waals surface area contributed by atoms with Crippen LogP contribution in [-0.4, -0.2) is 42.6 Å². The van der Waals surface area contributed by atoms with Crippen molar-refractivity contribution in [3.63, 3.8) is 0 Å². The van der Waals surface area contributed by atoms with Crippen LogP contribution >= 0.6 is 11.8 Å². The predicted molar refractivity (Wildman–Crippen MR) is 95.3 cm³/mol. The summed E-state index contributed by atoms with van der Waals surface area (Å²) in [6.07, 6.45) is 2.41. The molecule has 1 fully saturated rings. The summed E-state index contributed by atoms with van der Waals surface area (Å²) in [6, 6.07) is 7.47. The summed E-state index contributed by atoms with van der Waals surface area (Å²) in [4.78, 5) is 2.62. The summed E-state index contributed by atoms with van der Waals surface area (Å²) in [7, 11) is 0. The van der Waals surface area contributed by atoms with Crippen LogP contribution in [0, 0.1) is 13.8 Å². The van der Waals surface area contributed by atoms with Gasteiger partial charge in [-0.15, -0.1) is 0 Å². The summed E-state index contributed by atoms with van der Waals surface area (Å²) < 4.78 is 0. The lowest BCUT2D eigenvalue weighted by molar-refractivity contribution is 0.280. The molecule has 1 N–H and O–H groups in total. The molecule has 3 heteroatoms. The minimum absolute atomic E-state index is 0.498. The molecule has 1 unspecified atom stereocenters. The average molecular weight is 307 g/mol. The van der Waals surface area contributed by atoms with Crippen LogP contribution in [0.25, 0.3) is 0 Å². The number of hydrogen-bond donors (Lipinski definition) is 1. The van der Waals surface area contributed by atoms with Gasteiger partial charge in [0.1, 0.15) is 0 Å². The van der Waals surface area contributed by atoms with Crippen LogP contribution in [0.3, 0.4) is 0 Å². The normalized spacial score (nSPS) is 17.9. The van der Waals surface area contributed by atoms with E-state index in [0.717, 1.165) is 6.54 Å². The van der Waals surface area contributed by atoms with Crippen molar-refractivity contribution in [1.82, 2.24) is 10.2 Å². The van der Waals surface area contributed by atoms with Gasteiger partial charge in [0, 0.05) is 37.2 Å². The summed E-state index contributed by atoms with van der Waals surface area (Å²) >= 11 is 2.09. The molecule has 118 valence electrons. The summed E-state index contributed by atoms with van der Waals surface area (Å²) in [5, 5.41) is 3.75. The van der Waals surface area contributed by atoms with Crippen LogP contribution in [0.5, 0.6) is 0 Å². The average Bonchev–Trinajstić information content (AvgIpc) is 2.47. The number of rotatable bonds is 7. The number of benzene rings is 1. The largest absolute Gasteiger partial charge is 0.310 e. The summed E-state index contributed by atoms with van der Waals surface area (Å²) in [5.41, 5.74) is 4.22. The third kappa shape index (κ3) is 5.65. The van der Waals surface area contributed by atoms with E-state index >= 15 is 0 Å². The van der Waals surface area contributed by atoms with Gasteiger partial charge in [-0.2, -0.15) is 11.8 Å². The molecule has 1 aromatic carbocycles. The van der Waals surface area contributed by atoms with E-state index in [2.05, 4.69) is 60.9 Å². The smallest absolute Gasteiger partial charge is 0.0332 e. The fourth-order valence-electron chi connectivity index (χ4n) is 3.05. The Labute approximate surface area is 134 Å². The van der Waals surface area contributed by atoms with E-state index in [1.807, 2.05) is 0 Å². The Kier molecular flexibility index (Phi) is 7.08. The van der Waals surface area contributed by atoms with Gasteiger partial charge in [0.2, 0.25) is 0 Å². The highest BCUT2D eigenvalue weighted by Gasteiger charge is 2.15. The lowest BCUT2D eigenvalue weighted by Gasteiger charge is -2.28. The van der Waals surface area contributed by atoms with Gasteiger partial charge < -0.3 is 10.2 Å². The van der Waals surface area contributed by atoms with Gasteiger partial charge in [-0.3, -0.25) is 0 Å². The number of nitrogens with zero attached hydrogens (tertiary/aromatic N) is 1. The Balaban J connectivity index is 1.98. The van der Waals surface area contributed by atoms with Crippen LogP contribution in [-0.2, 0) is 0 Å². The lowest BCUT2D eigenvalue weighted by atomic mass is 9.98. The molecule has 1 heterocycles. The van der Waals surface area contributed by atoms with E-state index in [9.17, 15) is 0 Å². The van der Waals surface area contributed by atoms with Gasteiger partial charge in [0.05, 0.1) is 0 Å². The second-order valence-electron chi connectivity index (χ2n) is 6.17. The van der Waals surface area contributed by atoms with Crippen molar-refractivity contribution in [2.45, 2.75) is 39.7 Å². The molecule has 1 aliphatic heterocycles. The number of nitrogens with one attached hydrogen (secondary N) is 1. The maximum absolute atomic E-state index is 3.75. The van der Waals surface area contributed by atoms with Crippen molar-refractivity contribution >= 4 is 11.8 Å². The standard InChI is InChI=1S/C18H30N2S/c1-4-6-19-18(5-7-20-8-10-21-11-9-20)17-13-15(2)12-16(3)14-17/h12-14,18-19H,4-11H2,1-3H3. The number of thioether (sulfide) groups is 1. The van der Waals surface area contributed by atoms with E-state index in [-0.39, 0.29) is 0 Å². The van der Waals surface area contributed by atoms with Gasteiger partial charge in [-0.1, -0.05) is 36.2 Å². The minimum atomic E-state index is 0.498. The predicted octanol–water partition coefficient (Wildman–Crippen LogP) is 3.78. The first-order valence-electron chi connectivity index (χ1n) is 8.30. The van der Waals surface area contributed by atoms with Gasteiger partial charge in [-0.05, 0) is 38.8 Å². The first-order chi connectivity index (χ1) is 10.2. The molecule has 1 saturated heterocycles. The van der Waals surface area contributed by atoms with E-state index in [1.54, 1.807) is 0 Å². The van der Waals surface area contributed by atoms with Crippen LogP contribution in [0.15, 0.2) is 18.2 Å². The highest BCUT2D eigenvalue weighted by Crippen LogP contribution is 2.21. The second-order valence-corrected chi connectivity index (χ2v) is 7.40. The zero-order chi connectivity index (χ0) is 15.1. The first-order valence-corrected chi connectivity index (χ1v) is 9.46. The van der Waals surface area contributed by atoms with Crippen LogP contribution in [0.2, 0.25) is 0 Å². The molecular weight excluding hydrogens is 276 g/mol. The third-order valence-corrected chi connectivity index (χ3v) is 5.07. The maximum atomic E-state index is 3.75. The quantitative estimate of drug-likeness (QED) is 0.825. The topological polar surface area (TPSA) is 15.3 Å². The molecular formula is C18H30N2S. The van der Waals surface area contributed by atoms with Crippen LogP contribution in [0.1, 0.15) is 42.5 Å². The SMILES string of the molecule is CCCNC(CCN1CCSCC1)c1cc(C)cc(C)c1. The highest BCUT2D eigenvalue weighted by molar-refractivity contribution is 7.99. The molecule has 2 rings (SSSR count). The minimum Gasteiger partial charge on any atom is -0.310 e. The molecule has 0 aliphatic carbocycles. The zero-order valence-electron chi connectivity index (χ0n) is 13.8. The van der Waals surface area contributed by atoms with Crippen LogP contribution in [0.4, 0.5) is 0 Å². The highest BCUT2D eigenvalue weighted by atomic mass is 32.2. The Morgan fingerprint density at radius 3 is 2.43 bits per heavy atom.